The third-order valence-corrected chi connectivity index (χ3v) is 5.68. The number of anilines is 1. The van der Waals surface area contributed by atoms with Crippen LogP contribution in [0.3, 0.4) is 0 Å². The van der Waals surface area contributed by atoms with Gasteiger partial charge in [0.15, 0.2) is 0 Å². The van der Waals surface area contributed by atoms with Gasteiger partial charge in [-0.15, -0.1) is 11.3 Å². The minimum atomic E-state index is 0.311. The van der Waals surface area contributed by atoms with Gasteiger partial charge in [0.1, 0.15) is 5.75 Å². The average molecular weight is 387 g/mol. The maximum absolute atomic E-state index is 6.19. The molecular weight excluding hydrogens is 370 g/mol. The molecule has 5 heteroatoms. The molecule has 0 saturated heterocycles. The van der Waals surface area contributed by atoms with Crippen LogP contribution < -0.4 is 10.1 Å². The van der Waals surface area contributed by atoms with Crippen LogP contribution in [0, 0.1) is 6.92 Å². The normalized spacial score (nSPS) is 17.4. The van der Waals surface area contributed by atoms with E-state index >= 15 is 0 Å². The van der Waals surface area contributed by atoms with Crippen molar-refractivity contribution < 1.29 is 4.74 Å². The highest BCUT2D eigenvalue weighted by molar-refractivity contribution is 9.10. The van der Waals surface area contributed by atoms with Gasteiger partial charge in [-0.2, -0.15) is 0 Å². The first-order chi connectivity index (χ1) is 10.1. The Labute approximate surface area is 142 Å². The maximum atomic E-state index is 6.19. The Morgan fingerprint density at radius 2 is 2.19 bits per heavy atom. The van der Waals surface area contributed by atoms with E-state index in [4.69, 9.17) is 16.3 Å². The molecule has 0 fully saturated rings. The number of thiophene rings is 1. The molecule has 2 nitrogen and oxygen atoms in total. The highest BCUT2D eigenvalue weighted by Crippen LogP contribution is 2.42. The molecule has 1 heterocycles. The van der Waals surface area contributed by atoms with Crippen molar-refractivity contribution in [1.82, 2.24) is 0 Å². The van der Waals surface area contributed by atoms with E-state index in [9.17, 15) is 0 Å². The first-order valence-electron chi connectivity index (χ1n) is 6.97. The highest BCUT2D eigenvalue weighted by atomic mass is 79.9. The van der Waals surface area contributed by atoms with Crippen molar-refractivity contribution in [3.8, 4) is 5.75 Å². The molecule has 1 N–H and O–H groups in total. The summed E-state index contributed by atoms with van der Waals surface area (Å²) in [6.45, 7) is 2.10. The fraction of sp³-hybridized carbons (Fsp3) is 0.375. The molecular formula is C16H17BrClNOS. The number of nitrogens with one attached hydrogen (secondary N) is 1. The standard InChI is InChI=1S/C16H17BrClNOS/c1-9-6-10(17)7-13(20-2)16(9)19-12-4-3-5-14-11(12)8-15(18)21-14/h6-8,12,19H,3-5H2,1-2H3. The van der Waals surface area contributed by atoms with Crippen LogP contribution in [0.15, 0.2) is 22.7 Å². The summed E-state index contributed by atoms with van der Waals surface area (Å²) >= 11 is 11.4. The number of hydrogen-bond acceptors (Lipinski definition) is 3. The lowest BCUT2D eigenvalue weighted by atomic mass is 9.93. The van der Waals surface area contributed by atoms with Crippen LogP contribution in [0.25, 0.3) is 0 Å². The zero-order chi connectivity index (χ0) is 15.0. The lowest BCUT2D eigenvalue weighted by molar-refractivity contribution is 0.415. The zero-order valence-corrected chi connectivity index (χ0v) is 15.2. The fourth-order valence-corrected chi connectivity index (χ4v) is 4.84. The summed E-state index contributed by atoms with van der Waals surface area (Å²) in [4.78, 5) is 1.41. The molecule has 1 aromatic heterocycles. The molecule has 112 valence electrons. The predicted molar refractivity (Wildman–Crippen MR) is 94.1 cm³/mol. The zero-order valence-electron chi connectivity index (χ0n) is 12.0. The van der Waals surface area contributed by atoms with Gasteiger partial charge in [0.25, 0.3) is 0 Å². The molecule has 1 atom stereocenters. The molecule has 0 spiro atoms. The topological polar surface area (TPSA) is 21.3 Å². The Kier molecular flexibility index (Phi) is 4.48. The van der Waals surface area contributed by atoms with Crippen molar-refractivity contribution in [3.63, 3.8) is 0 Å². The second-order valence-electron chi connectivity index (χ2n) is 5.32. The van der Waals surface area contributed by atoms with Gasteiger partial charge in [-0.3, -0.25) is 0 Å². The van der Waals surface area contributed by atoms with E-state index < -0.39 is 0 Å². The molecule has 0 bridgehead atoms. The van der Waals surface area contributed by atoms with E-state index in [2.05, 4.69) is 40.3 Å². The Bertz CT molecular complexity index is 671. The molecule has 0 radical (unpaired) electrons. The van der Waals surface area contributed by atoms with Crippen molar-refractivity contribution in [2.75, 3.05) is 12.4 Å². The highest BCUT2D eigenvalue weighted by Gasteiger charge is 2.24. The van der Waals surface area contributed by atoms with Crippen molar-refractivity contribution in [2.24, 2.45) is 0 Å². The summed E-state index contributed by atoms with van der Waals surface area (Å²) < 4.78 is 7.44. The van der Waals surface area contributed by atoms with Crippen LogP contribution in [0.4, 0.5) is 5.69 Å². The third-order valence-electron chi connectivity index (χ3n) is 3.89. The van der Waals surface area contributed by atoms with Gasteiger partial charge in [0, 0.05) is 9.35 Å². The number of rotatable bonds is 3. The maximum Gasteiger partial charge on any atom is 0.143 e. The van der Waals surface area contributed by atoms with Crippen LogP contribution in [-0.4, -0.2) is 7.11 Å². The molecule has 1 aromatic carbocycles. The first kappa shape index (κ1) is 15.2. The fourth-order valence-electron chi connectivity index (χ4n) is 2.90. The number of ether oxygens (including phenoxy) is 1. The molecule has 3 rings (SSSR count). The second kappa shape index (κ2) is 6.19. The van der Waals surface area contributed by atoms with Gasteiger partial charge in [-0.1, -0.05) is 27.5 Å². The molecule has 0 saturated carbocycles. The number of hydrogen-bond donors (Lipinski definition) is 1. The molecule has 0 aliphatic heterocycles. The summed E-state index contributed by atoms with van der Waals surface area (Å²) in [7, 11) is 1.71. The van der Waals surface area contributed by atoms with E-state index in [1.54, 1.807) is 18.4 Å². The minimum absolute atomic E-state index is 0.311. The van der Waals surface area contributed by atoms with Crippen molar-refractivity contribution >= 4 is 44.6 Å². The Morgan fingerprint density at radius 3 is 2.95 bits per heavy atom. The largest absolute Gasteiger partial charge is 0.495 e. The van der Waals surface area contributed by atoms with Gasteiger partial charge in [0.2, 0.25) is 0 Å². The molecule has 21 heavy (non-hydrogen) atoms. The van der Waals surface area contributed by atoms with Crippen LogP contribution >= 0.6 is 38.9 Å². The molecule has 1 unspecified atom stereocenters. The van der Waals surface area contributed by atoms with E-state index in [0.717, 1.165) is 33.1 Å². The molecule has 2 aromatic rings. The molecule has 1 aliphatic rings. The first-order valence-corrected chi connectivity index (χ1v) is 8.96. The van der Waals surface area contributed by atoms with Crippen molar-refractivity contribution in [3.05, 3.63) is 43.0 Å². The van der Waals surface area contributed by atoms with E-state index in [0.29, 0.717) is 6.04 Å². The van der Waals surface area contributed by atoms with E-state index in [-0.39, 0.29) is 0 Å². The second-order valence-corrected chi connectivity index (χ2v) is 8.00. The predicted octanol–water partition coefficient (Wildman–Crippen LogP) is 5.97. The minimum Gasteiger partial charge on any atom is -0.495 e. The van der Waals surface area contributed by atoms with Crippen LogP contribution in [0.5, 0.6) is 5.75 Å². The van der Waals surface area contributed by atoms with Gasteiger partial charge in [0.05, 0.1) is 23.2 Å². The Balaban J connectivity index is 1.95. The number of aryl methyl sites for hydroxylation is 2. The van der Waals surface area contributed by atoms with E-state index in [1.165, 1.54) is 22.4 Å². The van der Waals surface area contributed by atoms with Crippen molar-refractivity contribution in [2.45, 2.75) is 32.2 Å². The van der Waals surface area contributed by atoms with Crippen LogP contribution in [-0.2, 0) is 6.42 Å². The number of halogens is 2. The monoisotopic (exact) mass is 385 g/mol. The quantitative estimate of drug-likeness (QED) is 0.701. The number of methoxy groups -OCH3 is 1. The van der Waals surface area contributed by atoms with Gasteiger partial charge in [-0.05, 0) is 55.5 Å². The average Bonchev–Trinajstić information content (AvgIpc) is 2.82. The van der Waals surface area contributed by atoms with Crippen LogP contribution in [0.2, 0.25) is 4.34 Å². The number of benzene rings is 1. The van der Waals surface area contributed by atoms with Crippen LogP contribution in [0.1, 0.15) is 34.9 Å². The summed E-state index contributed by atoms with van der Waals surface area (Å²) in [5.74, 6) is 0.871. The SMILES string of the molecule is COc1cc(Br)cc(C)c1NC1CCCc2sc(Cl)cc21. The van der Waals surface area contributed by atoms with Gasteiger partial charge in [-0.25, -0.2) is 0 Å². The molecule has 1 aliphatic carbocycles. The van der Waals surface area contributed by atoms with Crippen molar-refractivity contribution in [1.29, 1.82) is 0 Å². The number of fused-ring (bicyclic) bond motifs is 1. The lowest BCUT2D eigenvalue weighted by Crippen LogP contribution is -2.16. The summed E-state index contributed by atoms with van der Waals surface area (Å²) in [5.41, 5.74) is 3.59. The Morgan fingerprint density at radius 1 is 1.38 bits per heavy atom. The molecule has 0 amide bonds. The third kappa shape index (κ3) is 3.08. The lowest BCUT2D eigenvalue weighted by Gasteiger charge is -2.26. The van der Waals surface area contributed by atoms with Gasteiger partial charge >= 0.3 is 0 Å². The smallest absolute Gasteiger partial charge is 0.143 e. The van der Waals surface area contributed by atoms with E-state index in [1.807, 2.05) is 6.07 Å². The Hall–Kier alpha value is -0.710. The van der Waals surface area contributed by atoms with Gasteiger partial charge < -0.3 is 10.1 Å². The summed E-state index contributed by atoms with van der Waals surface area (Å²) in [6, 6.07) is 6.53. The summed E-state index contributed by atoms with van der Waals surface area (Å²) in [5, 5.41) is 3.67. The summed E-state index contributed by atoms with van der Waals surface area (Å²) in [6.07, 6.45) is 3.46.